The summed E-state index contributed by atoms with van der Waals surface area (Å²) in [7, 11) is 0. The Bertz CT molecular complexity index is 841. The van der Waals surface area contributed by atoms with Gasteiger partial charge in [-0.1, -0.05) is 0 Å². The number of nitrogen functional groups attached to an aromatic ring is 1. The predicted octanol–water partition coefficient (Wildman–Crippen LogP) is 2.62. The first-order valence-electron chi connectivity index (χ1n) is 7.64. The third-order valence-electron chi connectivity index (χ3n) is 4.36. The van der Waals surface area contributed by atoms with E-state index in [9.17, 15) is 4.79 Å². The monoisotopic (exact) mass is 327 g/mol. The molecule has 1 atom stereocenters. The molecule has 1 amide bonds. The molecule has 3 aromatic heterocycles. The second-order valence-electron chi connectivity index (χ2n) is 5.85. The van der Waals surface area contributed by atoms with Crippen molar-refractivity contribution in [1.82, 2.24) is 20.1 Å². The van der Waals surface area contributed by atoms with Gasteiger partial charge in [-0.15, -0.1) is 0 Å². The number of likely N-dealkylation sites (tertiary alicyclic amines) is 1. The zero-order chi connectivity index (χ0) is 15.8. The second kappa shape index (κ2) is 5.66. The van der Waals surface area contributed by atoms with Crippen molar-refractivity contribution in [2.75, 3.05) is 18.8 Å². The van der Waals surface area contributed by atoms with Gasteiger partial charge in [0.25, 0.3) is 5.91 Å². The summed E-state index contributed by atoms with van der Waals surface area (Å²) in [6.07, 6.45) is 2.02. The lowest BCUT2D eigenvalue weighted by molar-refractivity contribution is 0.0706. The fourth-order valence-corrected chi connectivity index (χ4v) is 3.76. The minimum Gasteiger partial charge on any atom is -0.384 e. The number of aromatic nitrogens is 3. The van der Waals surface area contributed by atoms with Crippen LogP contribution in [0.4, 0.5) is 5.82 Å². The number of fused-ring (bicyclic) bond motifs is 1. The van der Waals surface area contributed by atoms with Crippen LogP contribution in [-0.4, -0.2) is 39.1 Å². The van der Waals surface area contributed by atoms with Gasteiger partial charge >= 0.3 is 0 Å². The number of pyridine rings is 1. The third kappa shape index (κ3) is 2.57. The molecule has 118 valence electrons. The first kappa shape index (κ1) is 14.2. The van der Waals surface area contributed by atoms with Crippen LogP contribution >= 0.6 is 11.3 Å². The van der Waals surface area contributed by atoms with E-state index in [1.807, 2.05) is 33.9 Å². The highest BCUT2D eigenvalue weighted by Gasteiger charge is 2.26. The molecule has 1 unspecified atom stereocenters. The maximum absolute atomic E-state index is 12.5. The van der Waals surface area contributed by atoms with Crippen LogP contribution in [0.2, 0.25) is 0 Å². The van der Waals surface area contributed by atoms with Gasteiger partial charge in [-0.3, -0.25) is 9.89 Å². The first-order valence-corrected chi connectivity index (χ1v) is 8.58. The van der Waals surface area contributed by atoms with E-state index >= 15 is 0 Å². The van der Waals surface area contributed by atoms with Gasteiger partial charge in [0.15, 0.2) is 5.65 Å². The van der Waals surface area contributed by atoms with Crippen LogP contribution in [0.15, 0.2) is 29.0 Å². The summed E-state index contributed by atoms with van der Waals surface area (Å²) in [6.45, 7) is 1.51. The van der Waals surface area contributed by atoms with Crippen LogP contribution in [0.5, 0.6) is 0 Å². The van der Waals surface area contributed by atoms with Crippen LogP contribution in [-0.2, 0) is 0 Å². The molecule has 1 fully saturated rings. The van der Waals surface area contributed by atoms with Crippen molar-refractivity contribution in [2.24, 2.45) is 0 Å². The van der Waals surface area contributed by atoms with Gasteiger partial charge in [0.05, 0.1) is 10.9 Å². The molecule has 3 aromatic rings. The van der Waals surface area contributed by atoms with Crippen molar-refractivity contribution in [3.8, 4) is 0 Å². The Hall–Kier alpha value is -2.41. The number of nitrogens with two attached hydrogens (primary N) is 1. The van der Waals surface area contributed by atoms with E-state index in [2.05, 4.69) is 15.2 Å². The predicted molar refractivity (Wildman–Crippen MR) is 90.5 cm³/mol. The van der Waals surface area contributed by atoms with E-state index in [1.165, 1.54) is 0 Å². The molecule has 4 heterocycles. The number of nitrogens with one attached hydrogen (secondary N) is 1. The zero-order valence-corrected chi connectivity index (χ0v) is 13.3. The molecule has 0 aliphatic carbocycles. The average molecular weight is 327 g/mol. The number of anilines is 1. The summed E-state index contributed by atoms with van der Waals surface area (Å²) in [5.74, 6) is 0.895. The third-order valence-corrected chi connectivity index (χ3v) is 5.05. The Morgan fingerprint density at radius 2 is 2.30 bits per heavy atom. The van der Waals surface area contributed by atoms with Crippen LogP contribution in [0, 0.1) is 0 Å². The maximum atomic E-state index is 12.5. The van der Waals surface area contributed by atoms with Crippen molar-refractivity contribution < 1.29 is 4.79 Å². The highest BCUT2D eigenvalue weighted by molar-refractivity contribution is 7.08. The minimum absolute atomic E-state index is 0.112. The molecular formula is C16H17N5OS. The largest absolute Gasteiger partial charge is 0.384 e. The van der Waals surface area contributed by atoms with Gasteiger partial charge in [-0.25, -0.2) is 4.98 Å². The molecule has 4 rings (SSSR count). The Kier molecular flexibility index (Phi) is 3.49. The number of hydrogen-bond donors (Lipinski definition) is 2. The van der Waals surface area contributed by atoms with Gasteiger partial charge in [-0.2, -0.15) is 16.4 Å². The molecule has 0 radical (unpaired) electrons. The van der Waals surface area contributed by atoms with E-state index in [-0.39, 0.29) is 11.8 Å². The van der Waals surface area contributed by atoms with Gasteiger partial charge in [0, 0.05) is 30.1 Å². The number of carbonyl (C=O) groups is 1. The first-order chi connectivity index (χ1) is 11.2. The standard InChI is InChI=1S/C16H17N5OS/c17-14-12-3-4-13(18-15(12)20-19-14)10-2-1-6-21(8-10)16(22)11-5-7-23-9-11/h3-5,7,9-10H,1-2,6,8H2,(H3,17,18,19,20). The molecule has 0 saturated carbocycles. The molecule has 1 aliphatic rings. The molecule has 0 bridgehead atoms. The van der Waals surface area contributed by atoms with E-state index in [1.54, 1.807) is 11.3 Å². The topological polar surface area (TPSA) is 87.9 Å². The average Bonchev–Trinajstić information content (AvgIpc) is 3.24. The van der Waals surface area contributed by atoms with Gasteiger partial charge in [0.2, 0.25) is 0 Å². The van der Waals surface area contributed by atoms with E-state index in [4.69, 9.17) is 5.73 Å². The molecule has 0 spiro atoms. The van der Waals surface area contributed by atoms with Gasteiger partial charge in [0.1, 0.15) is 5.82 Å². The molecule has 7 heteroatoms. The fourth-order valence-electron chi connectivity index (χ4n) is 3.13. The molecular weight excluding hydrogens is 310 g/mol. The number of carbonyl (C=O) groups excluding carboxylic acids is 1. The Morgan fingerprint density at radius 1 is 1.39 bits per heavy atom. The highest BCUT2D eigenvalue weighted by atomic mass is 32.1. The van der Waals surface area contributed by atoms with Crippen LogP contribution in [0.3, 0.4) is 0 Å². The zero-order valence-electron chi connectivity index (χ0n) is 12.5. The molecule has 23 heavy (non-hydrogen) atoms. The molecule has 1 saturated heterocycles. The lowest BCUT2D eigenvalue weighted by atomic mass is 9.93. The van der Waals surface area contributed by atoms with Crippen molar-refractivity contribution in [3.63, 3.8) is 0 Å². The number of thiophene rings is 1. The molecule has 1 aliphatic heterocycles. The normalized spacial score (nSPS) is 18.4. The molecule has 6 nitrogen and oxygen atoms in total. The molecule has 0 aromatic carbocycles. The quantitative estimate of drug-likeness (QED) is 0.757. The highest BCUT2D eigenvalue weighted by Crippen LogP contribution is 2.28. The van der Waals surface area contributed by atoms with E-state index < -0.39 is 0 Å². The van der Waals surface area contributed by atoms with Crippen molar-refractivity contribution in [2.45, 2.75) is 18.8 Å². The summed E-state index contributed by atoms with van der Waals surface area (Å²) >= 11 is 1.55. The Balaban J connectivity index is 1.57. The SMILES string of the molecule is Nc1[nH]nc2nc(C3CCCN(C(=O)c4ccsc4)C3)ccc12. The van der Waals surface area contributed by atoms with Crippen LogP contribution < -0.4 is 5.73 Å². The Morgan fingerprint density at radius 3 is 3.13 bits per heavy atom. The van der Waals surface area contributed by atoms with Crippen molar-refractivity contribution >= 4 is 34.1 Å². The van der Waals surface area contributed by atoms with Crippen LogP contribution in [0.1, 0.15) is 34.8 Å². The van der Waals surface area contributed by atoms with Crippen LogP contribution in [0.25, 0.3) is 11.0 Å². The van der Waals surface area contributed by atoms with Gasteiger partial charge in [-0.05, 0) is 36.4 Å². The minimum atomic E-state index is 0.112. The summed E-state index contributed by atoms with van der Waals surface area (Å²) in [6, 6.07) is 5.83. The van der Waals surface area contributed by atoms with Crippen molar-refractivity contribution in [3.05, 3.63) is 40.2 Å². The number of amides is 1. The van der Waals surface area contributed by atoms with Crippen molar-refractivity contribution in [1.29, 1.82) is 0 Å². The second-order valence-corrected chi connectivity index (χ2v) is 6.63. The maximum Gasteiger partial charge on any atom is 0.254 e. The lowest BCUT2D eigenvalue weighted by Crippen LogP contribution is -2.39. The summed E-state index contributed by atoms with van der Waals surface area (Å²) in [5, 5.41) is 11.6. The lowest BCUT2D eigenvalue weighted by Gasteiger charge is -2.32. The molecule has 3 N–H and O–H groups in total. The van der Waals surface area contributed by atoms with E-state index in [0.29, 0.717) is 18.0 Å². The number of nitrogens with zero attached hydrogens (tertiary/aromatic N) is 3. The number of piperidine rings is 1. The summed E-state index contributed by atoms with van der Waals surface area (Å²) in [5.41, 5.74) is 8.21. The van der Waals surface area contributed by atoms with E-state index in [0.717, 1.165) is 36.0 Å². The number of H-pyrrole nitrogens is 1. The summed E-state index contributed by atoms with van der Waals surface area (Å²) in [4.78, 5) is 19.1. The Labute approximate surface area is 137 Å². The number of rotatable bonds is 2. The van der Waals surface area contributed by atoms with Gasteiger partial charge < -0.3 is 10.6 Å². The number of aromatic amines is 1. The summed E-state index contributed by atoms with van der Waals surface area (Å²) < 4.78 is 0. The smallest absolute Gasteiger partial charge is 0.254 e. The number of hydrogen-bond acceptors (Lipinski definition) is 5. The fraction of sp³-hybridized carbons (Fsp3) is 0.312.